The lowest BCUT2D eigenvalue weighted by molar-refractivity contribution is -0.161. The molecule has 5 atom stereocenters. The summed E-state index contributed by atoms with van der Waals surface area (Å²) in [5, 5.41) is 24.4. The molecule has 11 nitrogen and oxygen atoms in total. The van der Waals surface area contributed by atoms with Gasteiger partial charge in [-0.1, -0.05) is 0 Å². The van der Waals surface area contributed by atoms with Crippen molar-refractivity contribution in [2.75, 3.05) is 13.1 Å². The van der Waals surface area contributed by atoms with E-state index in [0.29, 0.717) is 13.0 Å². The normalized spacial score (nSPS) is 24.9. The number of carbonyl (C=O) groups excluding carboxylic acids is 3. The first-order valence-electron chi connectivity index (χ1n) is 8.37. The van der Waals surface area contributed by atoms with Crippen molar-refractivity contribution in [2.24, 2.45) is 5.73 Å². The summed E-state index contributed by atoms with van der Waals surface area (Å²) in [5.41, 5.74) is 5.73. The van der Waals surface area contributed by atoms with Gasteiger partial charge in [-0.3, -0.25) is 14.4 Å². The fraction of sp³-hybridized carbons (Fsp3) is 0.733. The van der Waals surface area contributed by atoms with Crippen LogP contribution >= 0.6 is 0 Å². The van der Waals surface area contributed by atoms with E-state index in [1.165, 1.54) is 11.8 Å². The Hall–Kier alpha value is -2.24. The molecule has 2 saturated heterocycles. The Bertz CT molecular complexity index is 584. The molecule has 0 saturated carbocycles. The summed E-state index contributed by atoms with van der Waals surface area (Å²) in [6, 6.07) is -2.59. The van der Waals surface area contributed by atoms with Crippen LogP contribution in [0.4, 0.5) is 0 Å². The third kappa shape index (κ3) is 4.68. The van der Waals surface area contributed by atoms with Crippen molar-refractivity contribution >= 4 is 23.7 Å². The van der Waals surface area contributed by atoms with Gasteiger partial charge in [0.2, 0.25) is 17.7 Å². The topological polar surface area (TPSA) is 171 Å². The van der Waals surface area contributed by atoms with Crippen LogP contribution in [0.1, 0.15) is 26.2 Å². The van der Waals surface area contributed by atoms with Crippen LogP contribution in [0.15, 0.2) is 0 Å². The SMILES string of the molecule is CC(=O)NCCC[C@H](N)C(=O)N[C@H](C(=O)O)C(O)[C@H]1CN2C(=O)C[C@@H]2O1. The van der Waals surface area contributed by atoms with Crippen LogP contribution in [0.2, 0.25) is 0 Å². The number of β-lactam (4-membered cyclic amide) rings is 1. The first kappa shape index (κ1) is 20.1. The summed E-state index contributed by atoms with van der Waals surface area (Å²) in [7, 11) is 0. The van der Waals surface area contributed by atoms with E-state index in [1.54, 1.807) is 0 Å². The highest BCUT2D eigenvalue weighted by molar-refractivity contribution is 5.87. The van der Waals surface area contributed by atoms with Gasteiger partial charge in [0.15, 0.2) is 6.04 Å². The summed E-state index contributed by atoms with van der Waals surface area (Å²) in [6.45, 7) is 1.79. The fourth-order valence-corrected chi connectivity index (χ4v) is 2.88. The Labute approximate surface area is 149 Å². The molecule has 3 amide bonds. The lowest BCUT2D eigenvalue weighted by atomic mass is 10.0. The highest BCUT2D eigenvalue weighted by Gasteiger charge is 2.49. The third-order valence-corrected chi connectivity index (χ3v) is 4.41. The van der Waals surface area contributed by atoms with Crippen LogP contribution in [0.5, 0.6) is 0 Å². The van der Waals surface area contributed by atoms with E-state index >= 15 is 0 Å². The molecule has 2 aliphatic rings. The van der Waals surface area contributed by atoms with Gasteiger partial charge in [-0.05, 0) is 12.8 Å². The molecule has 0 aromatic heterocycles. The van der Waals surface area contributed by atoms with Gasteiger partial charge in [-0.15, -0.1) is 0 Å². The summed E-state index contributed by atoms with van der Waals surface area (Å²) in [6.07, 6.45) is -1.99. The Morgan fingerprint density at radius 3 is 2.65 bits per heavy atom. The summed E-state index contributed by atoms with van der Waals surface area (Å²) in [4.78, 5) is 47.1. The van der Waals surface area contributed by atoms with Crippen molar-refractivity contribution in [3.63, 3.8) is 0 Å². The van der Waals surface area contributed by atoms with Crippen LogP contribution in [-0.4, -0.2) is 82.4 Å². The number of nitrogens with one attached hydrogen (secondary N) is 2. The highest BCUT2D eigenvalue weighted by atomic mass is 16.5. The molecule has 0 aliphatic carbocycles. The number of amides is 3. The maximum absolute atomic E-state index is 12.1. The molecule has 0 spiro atoms. The molecule has 2 rings (SSSR count). The number of hydrogen-bond donors (Lipinski definition) is 5. The minimum Gasteiger partial charge on any atom is -0.480 e. The average Bonchev–Trinajstić information content (AvgIpc) is 2.92. The van der Waals surface area contributed by atoms with E-state index < -0.39 is 42.4 Å². The fourth-order valence-electron chi connectivity index (χ4n) is 2.88. The largest absolute Gasteiger partial charge is 0.480 e. The van der Waals surface area contributed by atoms with E-state index in [2.05, 4.69) is 10.6 Å². The minimum absolute atomic E-state index is 0.0765. The standard InChI is InChI=1S/C15H24N4O7/c1-7(20)17-4-2-3-8(16)14(23)18-12(15(24)25)13(22)9-6-19-10(21)5-11(19)26-9/h8-9,11-13,22H,2-6,16H2,1H3,(H,17,20)(H,18,23)(H,24,25)/t8-,9+,11-,12-,13?/m0/s1. The molecule has 0 aromatic rings. The molecule has 1 unspecified atom stereocenters. The molecule has 2 heterocycles. The first-order chi connectivity index (χ1) is 12.2. The molecule has 146 valence electrons. The molecular weight excluding hydrogens is 348 g/mol. The predicted molar refractivity (Wildman–Crippen MR) is 86.5 cm³/mol. The smallest absolute Gasteiger partial charge is 0.329 e. The van der Waals surface area contributed by atoms with Crippen molar-refractivity contribution in [1.29, 1.82) is 0 Å². The number of ether oxygens (including phenoxy) is 1. The molecule has 0 aromatic carbocycles. The van der Waals surface area contributed by atoms with Gasteiger partial charge in [0.25, 0.3) is 0 Å². The Morgan fingerprint density at radius 2 is 2.12 bits per heavy atom. The van der Waals surface area contributed by atoms with Gasteiger partial charge in [0.05, 0.1) is 19.0 Å². The quantitative estimate of drug-likeness (QED) is 0.212. The maximum Gasteiger partial charge on any atom is 0.329 e. The molecule has 2 fully saturated rings. The number of hydrogen-bond acceptors (Lipinski definition) is 7. The van der Waals surface area contributed by atoms with Gasteiger partial charge in [-0.25, -0.2) is 4.79 Å². The minimum atomic E-state index is -1.61. The van der Waals surface area contributed by atoms with Crippen molar-refractivity contribution in [3.8, 4) is 0 Å². The molecule has 2 aliphatic heterocycles. The lowest BCUT2D eigenvalue weighted by Crippen LogP contribution is -2.57. The van der Waals surface area contributed by atoms with E-state index in [9.17, 15) is 29.4 Å². The summed E-state index contributed by atoms with van der Waals surface area (Å²) < 4.78 is 5.44. The molecular formula is C15H24N4O7. The molecule has 0 radical (unpaired) electrons. The lowest BCUT2D eigenvalue weighted by Gasteiger charge is -2.31. The number of aliphatic carboxylic acids is 1. The predicted octanol–water partition coefficient (Wildman–Crippen LogP) is -2.88. The Kier molecular flexibility index (Phi) is 6.51. The number of nitrogens with zero attached hydrogens (tertiary/aromatic N) is 1. The highest BCUT2D eigenvalue weighted by Crippen LogP contribution is 2.30. The molecule has 6 N–H and O–H groups in total. The van der Waals surface area contributed by atoms with Crippen LogP contribution in [0.3, 0.4) is 0 Å². The van der Waals surface area contributed by atoms with Gasteiger partial charge in [-0.2, -0.15) is 0 Å². The second kappa shape index (κ2) is 8.43. The van der Waals surface area contributed by atoms with Crippen LogP contribution in [0.25, 0.3) is 0 Å². The van der Waals surface area contributed by atoms with Gasteiger partial charge >= 0.3 is 5.97 Å². The van der Waals surface area contributed by atoms with Crippen molar-refractivity contribution in [3.05, 3.63) is 0 Å². The Morgan fingerprint density at radius 1 is 1.42 bits per heavy atom. The second-order valence-corrected chi connectivity index (χ2v) is 6.43. The van der Waals surface area contributed by atoms with Gasteiger partial charge in [0.1, 0.15) is 18.4 Å². The van der Waals surface area contributed by atoms with Gasteiger partial charge in [0, 0.05) is 13.5 Å². The number of carboxylic acids is 1. The zero-order valence-corrected chi connectivity index (χ0v) is 14.4. The number of fused-ring (bicyclic) bond motifs is 1. The molecule has 0 bridgehead atoms. The monoisotopic (exact) mass is 372 g/mol. The number of carboxylic acid groups (broad SMARTS) is 1. The van der Waals surface area contributed by atoms with Gasteiger partial charge < -0.3 is 36.2 Å². The van der Waals surface area contributed by atoms with E-state index in [1.807, 2.05) is 0 Å². The van der Waals surface area contributed by atoms with Crippen molar-refractivity contribution in [1.82, 2.24) is 15.5 Å². The van der Waals surface area contributed by atoms with Crippen LogP contribution < -0.4 is 16.4 Å². The van der Waals surface area contributed by atoms with Crippen molar-refractivity contribution < 1.29 is 34.1 Å². The summed E-state index contributed by atoms with van der Waals surface area (Å²) in [5.74, 6) is -2.48. The second-order valence-electron chi connectivity index (χ2n) is 6.43. The average molecular weight is 372 g/mol. The van der Waals surface area contributed by atoms with Crippen LogP contribution in [0, 0.1) is 0 Å². The maximum atomic E-state index is 12.1. The number of rotatable bonds is 9. The summed E-state index contributed by atoms with van der Waals surface area (Å²) >= 11 is 0. The number of nitrogens with two attached hydrogens (primary N) is 1. The Balaban J connectivity index is 1.84. The zero-order chi connectivity index (χ0) is 19.4. The molecule has 11 heteroatoms. The van der Waals surface area contributed by atoms with E-state index in [-0.39, 0.29) is 31.2 Å². The first-order valence-corrected chi connectivity index (χ1v) is 8.37. The zero-order valence-electron chi connectivity index (χ0n) is 14.4. The third-order valence-electron chi connectivity index (χ3n) is 4.41. The number of aliphatic hydroxyl groups excluding tert-OH is 1. The molecule has 26 heavy (non-hydrogen) atoms. The van der Waals surface area contributed by atoms with Crippen molar-refractivity contribution in [2.45, 2.75) is 56.7 Å². The van der Waals surface area contributed by atoms with Crippen LogP contribution in [-0.2, 0) is 23.9 Å². The number of carbonyl (C=O) groups is 4. The number of aliphatic hydroxyl groups is 1. The van der Waals surface area contributed by atoms with E-state index in [4.69, 9.17) is 10.5 Å². The van der Waals surface area contributed by atoms with E-state index in [0.717, 1.165) is 0 Å².